The summed E-state index contributed by atoms with van der Waals surface area (Å²) < 4.78 is 5.41. The summed E-state index contributed by atoms with van der Waals surface area (Å²) in [6.07, 6.45) is 0.614. The first-order valence-electron chi connectivity index (χ1n) is 3.96. The lowest BCUT2D eigenvalue weighted by molar-refractivity contribution is 0.134. The van der Waals surface area contributed by atoms with Gasteiger partial charge < -0.3 is 15.6 Å². The number of aliphatic hydroxyl groups excluding tert-OH is 1. The predicted octanol–water partition coefficient (Wildman–Crippen LogP) is 0.565. The number of hydrogen-bond donors (Lipinski definition) is 2. The summed E-state index contributed by atoms with van der Waals surface area (Å²) in [6.45, 7) is 0.0497. The Bertz CT molecular complexity index is 299. The van der Waals surface area contributed by atoms with E-state index in [4.69, 9.17) is 15.6 Å². The third kappa shape index (κ3) is 1.02. The first-order valence-corrected chi connectivity index (χ1v) is 3.96. The van der Waals surface area contributed by atoms with Gasteiger partial charge in [0, 0.05) is 17.7 Å². The predicted molar refractivity (Wildman–Crippen MR) is 46.1 cm³/mol. The Kier molecular flexibility index (Phi) is 1.66. The molecule has 0 saturated heterocycles. The quantitative estimate of drug-likeness (QED) is 0.598. The minimum absolute atomic E-state index is 0.0497. The second kappa shape index (κ2) is 2.68. The summed E-state index contributed by atoms with van der Waals surface area (Å²) in [5.41, 5.74) is 7.50. The Balaban J connectivity index is 2.35. The van der Waals surface area contributed by atoms with E-state index in [1.165, 1.54) is 0 Å². The van der Waals surface area contributed by atoms with Crippen molar-refractivity contribution in [3.8, 4) is 5.75 Å². The van der Waals surface area contributed by atoms with Crippen LogP contribution in [0, 0.1) is 0 Å². The molecular weight excluding hydrogens is 154 g/mol. The summed E-state index contributed by atoms with van der Waals surface area (Å²) in [6, 6.07) is 5.58. The van der Waals surface area contributed by atoms with Gasteiger partial charge in [-0.15, -0.1) is 0 Å². The minimum Gasteiger partial charge on any atom is -0.487 e. The SMILES string of the molecule is Nc1cccc2c1CC(CO)O2. The van der Waals surface area contributed by atoms with Gasteiger partial charge in [0.15, 0.2) is 0 Å². The average molecular weight is 165 g/mol. The van der Waals surface area contributed by atoms with Gasteiger partial charge in [-0.25, -0.2) is 0 Å². The number of ether oxygens (including phenoxy) is 1. The fraction of sp³-hybridized carbons (Fsp3) is 0.333. The third-order valence-electron chi connectivity index (χ3n) is 2.10. The van der Waals surface area contributed by atoms with Gasteiger partial charge in [-0.05, 0) is 12.1 Å². The summed E-state index contributed by atoms with van der Waals surface area (Å²) in [5.74, 6) is 0.814. The number of nitrogen functional groups attached to an aromatic ring is 1. The second-order valence-corrected chi connectivity index (χ2v) is 2.95. The van der Waals surface area contributed by atoms with Gasteiger partial charge in [-0.1, -0.05) is 6.07 Å². The minimum atomic E-state index is -0.107. The van der Waals surface area contributed by atoms with Crippen molar-refractivity contribution in [1.82, 2.24) is 0 Å². The zero-order chi connectivity index (χ0) is 8.55. The van der Waals surface area contributed by atoms with Crippen molar-refractivity contribution in [2.24, 2.45) is 0 Å². The van der Waals surface area contributed by atoms with Crippen LogP contribution in [0.1, 0.15) is 5.56 Å². The fourth-order valence-corrected chi connectivity index (χ4v) is 1.46. The van der Waals surface area contributed by atoms with Crippen LogP contribution in [0.25, 0.3) is 0 Å². The monoisotopic (exact) mass is 165 g/mol. The Morgan fingerprint density at radius 2 is 2.42 bits per heavy atom. The highest BCUT2D eigenvalue weighted by Crippen LogP contribution is 2.32. The maximum atomic E-state index is 8.86. The van der Waals surface area contributed by atoms with Gasteiger partial charge in [0.25, 0.3) is 0 Å². The highest BCUT2D eigenvalue weighted by atomic mass is 16.5. The van der Waals surface area contributed by atoms with Gasteiger partial charge in [-0.3, -0.25) is 0 Å². The number of nitrogens with two attached hydrogens (primary N) is 1. The molecule has 0 amide bonds. The van der Waals surface area contributed by atoms with Crippen molar-refractivity contribution in [1.29, 1.82) is 0 Å². The van der Waals surface area contributed by atoms with E-state index in [1.54, 1.807) is 0 Å². The molecule has 0 saturated carbocycles. The second-order valence-electron chi connectivity index (χ2n) is 2.95. The maximum Gasteiger partial charge on any atom is 0.126 e. The molecule has 1 heterocycles. The zero-order valence-corrected chi connectivity index (χ0v) is 6.66. The molecule has 0 aliphatic carbocycles. The largest absolute Gasteiger partial charge is 0.487 e. The molecule has 0 fully saturated rings. The van der Waals surface area contributed by atoms with Crippen molar-refractivity contribution in [3.05, 3.63) is 23.8 Å². The molecule has 1 aliphatic rings. The van der Waals surface area contributed by atoms with Crippen LogP contribution >= 0.6 is 0 Å². The van der Waals surface area contributed by atoms with Gasteiger partial charge in [0.05, 0.1) is 6.61 Å². The first-order chi connectivity index (χ1) is 5.81. The van der Waals surface area contributed by atoms with Crippen LogP contribution < -0.4 is 10.5 Å². The summed E-state index contributed by atoms with van der Waals surface area (Å²) in [4.78, 5) is 0. The van der Waals surface area contributed by atoms with Gasteiger partial charge in [0.1, 0.15) is 11.9 Å². The molecule has 3 heteroatoms. The number of aliphatic hydroxyl groups is 1. The normalized spacial score (nSPS) is 20.2. The van der Waals surface area contributed by atoms with E-state index in [2.05, 4.69) is 0 Å². The van der Waals surface area contributed by atoms with Crippen LogP contribution in [0.3, 0.4) is 0 Å². The fourth-order valence-electron chi connectivity index (χ4n) is 1.46. The van der Waals surface area contributed by atoms with Crippen LogP contribution in [0.4, 0.5) is 5.69 Å². The first kappa shape index (κ1) is 7.43. The molecule has 0 spiro atoms. The molecule has 64 valence electrons. The third-order valence-corrected chi connectivity index (χ3v) is 2.10. The lowest BCUT2D eigenvalue weighted by Gasteiger charge is -2.04. The number of benzene rings is 1. The van der Waals surface area contributed by atoms with E-state index < -0.39 is 0 Å². The molecule has 3 N–H and O–H groups in total. The molecule has 12 heavy (non-hydrogen) atoms. The van der Waals surface area contributed by atoms with Gasteiger partial charge in [0.2, 0.25) is 0 Å². The van der Waals surface area contributed by atoms with Gasteiger partial charge in [-0.2, -0.15) is 0 Å². The van der Waals surface area contributed by atoms with E-state index in [1.807, 2.05) is 18.2 Å². The lowest BCUT2D eigenvalue weighted by Crippen LogP contribution is -2.17. The molecule has 1 aromatic carbocycles. The van der Waals surface area contributed by atoms with Crippen molar-refractivity contribution >= 4 is 5.69 Å². The molecule has 1 aromatic rings. The van der Waals surface area contributed by atoms with Crippen molar-refractivity contribution < 1.29 is 9.84 Å². The Hall–Kier alpha value is -1.22. The highest BCUT2D eigenvalue weighted by Gasteiger charge is 2.23. The topological polar surface area (TPSA) is 55.5 Å². The molecule has 2 rings (SSSR count). The van der Waals surface area contributed by atoms with E-state index in [0.29, 0.717) is 0 Å². The van der Waals surface area contributed by atoms with Crippen molar-refractivity contribution in [2.45, 2.75) is 12.5 Å². The van der Waals surface area contributed by atoms with Gasteiger partial charge >= 0.3 is 0 Å². The van der Waals surface area contributed by atoms with E-state index in [0.717, 1.165) is 23.4 Å². The molecule has 0 aromatic heterocycles. The number of hydrogen-bond acceptors (Lipinski definition) is 3. The summed E-state index contributed by atoms with van der Waals surface area (Å²) in [7, 11) is 0. The molecule has 0 bridgehead atoms. The van der Waals surface area contributed by atoms with Crippen LogP contribution in [0.15, 0.2) is 18.2 Å². The van der Waals surface area contributed by atoms with E-state index >= 15 is 0 Å². The molecule has 1 aliphatic heterocycles. The number of anilines is 1. The van der Waals surface area contributed by atoms with E-state index in [-0.39, 0.29) is 12.7 Å². The molecule has 0 radical (unpaired) electrons. The Labute approximate surface area is 70.8 Å². The zero-order valence-electron chi connectivity index (χ0n) is 6.66. The van der Waals surface area contributed by atoms with Crippen molar-refractivity contribution in [3.63, 3.8) is 0 Å². The van der Waals surface area contributed by atoms with Crippen LogP contribution in [-0.2, 0) is 6.42 Å². The molecule has 1 atom stereocenters. The summed E-state index contributed by atoms with van der Waals surface area (Å²) >= 11 is 0. The number of fused-ring (bicyclic) bond motifs is 1. The van der Waals surface area contributed by atoms with Crippen LogP contribution in [0.5, 0.6) is 5.75 Å². The maximum absolute atomic E-state index is 8.86. The molecule has 1 unspecified atom stereocenters. The highest BCUT2D eigenvalue weighted by molar-refractivity contribution is 5.56. The smallest absolute Gasteiger partial charge is 0.126 e. The molecular formula is C9H11NO2. The Morgan fingerprint density at radius 3 is 3.08 bits per heavy atom. The molecule has 3 nitrogen and oxygen atoms in total. The van der Waals surface area contributed by atoms with Crippen LogP contribution in [-0.4, -0.2) is 17.8 Å². The number of rotatable bonds is 1. The standard InChI is InChI=1S/C9H11NO2/c10-8-2-1-3-9-7(8)4-6(5-11)12-9/h1-3,6,11H,4-5,10H2. The lowest BCUT2D eigenvalue weighted by atomic mass is 10.1. The van der Waals surface area contributed by atoms with Crippen molar-refractivity contribution in [2.75, 3.05) is 12.3 Å². The Morgan fingerprint density at radius 1 is 1.58 bits per heavy atom. The summed E-state index contributed by atoms with van der Waals surface area (Å²) in [5, 5.41) is 8.86. The van der Waals surface area contributed by atoms with Crippen LogP contribution in [0.2, 0.25) is 0 Å². The van der Waals surface area contributed by atoms with E-state index in [9.17, 15) is 0 Å². The average Bonchev–Trinajstić information content (AvgIpc) is 2.49.